The second kappa shape index (κ2) is 7.76. The molecule has 1 aromatic carbocycles. The van der Waals surface area contributed by atoms with E-state index < -0.39 is 5.91 Å². The lowest BCUT2D eigenvalue weighted by atomic mass is 9.58. The third-order valence-corrected chi connectivity index (χ3v) is 7.90. The number of nitrogens with zero attached hydrogens (tertiary/aromatic N) is 3. The highest BCUT2D eigenvalue weighted by atomic mass is 35.5. The molecule has 1 aromatic heterocycles. The fourth-order valence-electron chi connectivity index (χ4n) is 5.54. The summed E-state index contributed by atoms with van der Waals surface area (Å²) in [4.78, 5) is 27.3. The van der Waals surface area contributed by atoms with E-state index in [0.717, 1.165) is 38.5 Å². The SMILES string of the molecule is NC(=O)c1c(-c2cccc(Cl)c2)nn2c1CN(C(=O)NC13CCC(CF)(CC1)CC3)CC2. The summed E-state index contributed by atoms with van der Waals surface area (Å²) in [5, 5.41) is 8.41. The molecule has 6 rings (SSSR count). The predicted octanol–water partition coefficient (Wildman–Crippen LogP) is 3.89. The molecule has 0 radical (unpaired) electrons. The van der Waals surface area contributed by atoms with Crippen molar-refractivity contribution >= 4 is 23.5 Å². The van der Waals surface area contributed by atoms with Gasteiger partial charge in [-0.25, -0.2) is 4.79 Å². The van der Waals surface area contributed by atoms with E-state index in [2.05, 4.69) is 10.4 Å². The number of primary amides is 1. The minimum atomic E-state index is -0.579. The molecule has 0 saturated heterocycles. The molecule has 3 saturated carbocycles. The van der Waals surface area contributed by atoms with Gasteiger partial charge in [-0.15, -0.1) is 0 Å². The van der Waals surface area contributed by atoms with E-state index in [-0.39, 0.29) is 30.2 Å². The summed E-state index contributed by atoms with van der Waals surface area (Å²) in [6, 6.07) is 6.98. The molecule has 9 heteroatoms. The second-order valence-electron chi connectivity index (χ2n) is 9.53. The number of benzene rings is 1. The molecule has 3 N–H and O–H groups in total. The second-order valence-corrected chi connectivity index (χ2v) is 9.97. The maximum absolute atomic E-state index is 13.5. The van der Waals surface area contributed by atoms with Gasteiger partial charge < -0.3 is 16.0 Å². The first kappa shape index (κ1) is 21.2. The van der Waals surface area contributed by atoms with E-state index in [4.69, 9.17) is 17.3 Å². The summed E-state index contributed by atoms with van der Waals surface area (Å²) < 4.78 is 15.2. The summed E-state index contributed by atoms with van der Waals surface area (Å²) in [5.74, 6) is -0.579. The summed E-state index contributed by atoms with van der Waals surface area (Å²) in [6.45, 7) is 0.944. The van der Waals surface area contributed by atoms with Crippen LogP contribution in [0.5, 0.6) is 0 Å². The zero-order chi connectivity index (χ0) is 22.5. The lowest BCUT2D eigenvalue weighted by molar-refractivity contribution is 0.00817. The lowest BCUT2D eigenvalue weighted by Gasteiger charge is -2.53. The number of aromatic nitrogens is 2. The predicted molar refractivity (Wildman–Crippen MR) is 119 cm³/mol. The Bertz CT molecular complexity index is 1060. The first-order chi connectivity index (χ1) is 15.3. The van der Waals surface area contributed by atoms with E-state index in [1.807, 2.05) is 6.07 Å². The van der Waals surface area contributed by atoms with Crippen molar-refractivity contribution in [1.82, 2.24) is 20.0 Å². The molecule has 2 aromatic rings. The average Bonchev–Trinajstić information content (AvgIpc) is 3.19. The number of amides is 3. The number of nitrogens with one attached hydrogen (secondary N) is 1. The van der Waals surface area contributed by atoms with Gasteiger partial charge in [-0.05, 0) is 56.1 Å². The van der Waals surface area contributed by atoms with E-state index in [1.54, 1.807) is 27.8 Å². The third kappa shape index (κ3) is 3.54. The van der Waals surface area contributed by atoms with Gasteiger partial charge in [0.05, 0.1) is 31.0 Å². The van der Waals surface area contributed by atoms with E-state index in [9.17, 15) is 14.0 Å². The highest BCUT2D eigenvalue weighted by Crippen LogP contribution is 2.52. The monoisotopic (exact) mass is 459 g/mol. The zero-order valence-electron chi connectivity index (χ0n) is 17.9. The standard InChI is InChI=1S/C23H27ClFN5O2/c24-16-3-1-2-15(12-16)19-18(20(26)31)17-13-29(10-11-30(17)28-19)21(32)27-23-7-4-22(14-25,5-8-23)6-9-23/h1-3,12H,4-11,13-14H2,(H2,26,31)(H,27,32). The number of hydrogen-bond donors (Lipinski definition) is 2. The zero-order valence-corrected chi connectivity index (χ0v) is 18.6. The van der Waals surface area contributed by atoms with Crippen LogP contribution in [0.25, 0.3) is 11.3 Å². The summed E-state index contributed by atoms with van der Waals surface area (Å²) in [6.07, 6.45) is 4.93. The van der Waals surface area contributed by atoms with Crippen LogP contribution >= 0.6 is 11.6 Å². The van der Waals surface area contributed by atoms with Gasteiger partial charge in [0.2, 0.25) is 0 Å². The van der Waals surface area contributed by atoms with Crippen LogP contribution in [0.3, 0.4) is 0 Å². The molecule has 7 nitrogen and oxygen atoms in total. The molecule has 4 aliphatic rings. The quantitative estimate of drug-likeness (QED) is 0.726. The van der Waals surface area contributed by atoms with Gasteiger partial charge in [0.15, 0.2) is 0 Å². The summed E-state index contributed by atoms with van der Waals surface area (Å²) in [5.41, 5.74) is 7.47. The number of halogens is 2. The number of carbonyl (C=O) groups is 2. The molecule has 32 heavy (non-hydrogen) atoms. The van der Waals surface area contributed by atoms with Crippen molar-refractivity contribution in [3.63, 3.8) is 0 Å². The molecule has 3 aliphatic carbocycles. The molecule has 170 valence electrons. The normalized spacial score (nSPS) is 26.6. The number of alkyl halides is 1. The molecule has 0 spiro atoms. The van der Waals surface area contributed by atoms with Crippen molar-refractivity contribution in [2.24, 2.45) is 11.1 Å². The van der Waals surface area contributed by atoms with Crippen LogP contribution in [0.15, 0.2) is 24.3 Å². The van der Waals surface area contributed by atoms with Gasteiger partial charge in [0.1, 0.15) is 5.69 Å². The Kier molecular flexibility index (Phi) is 5.15. The van der Waals surface area contributed by atoms with E-state index >= 15 is 0 Å². The Morgan fingerprint density at radius 1 is 1.16 bits per heavy atom. The topological polar surface area (TPSA) is 93.2 Å². The summed E-state index contributed by atoms with van der Waals surface area (Å²) in [7, 11) is 0. The molecule has 3 fully saturated rings. The summed E-state index contributed by atoms with van der Waals surface area (Å²) >= 11 is 6.13. The van der Waals surface area contributed by atoms with Crippen molar-refractivity contribution in [3.05, 3.63) is 40.5 Å². The largest absolute Gasteiger partial charge is 0.365 e. The minimum Gasteiger partial charge on any atom is -0.365 e. The van der Waals surface area contributed by atoms with Crippen LogP contribution in [0.4, 0.5) is 9.18 Å². The van der Waals surface area contributed by atoms with Crippen LogP contribution in [0.2, 0.25) is 5.02 Å². The fourth-order valence-corrected chi connectivity index (χ4v) is 5.74. The number of nitrogens with two attached hydrogens (primary N) is 1. The van der Waals surface area contributed by atoms with Crippen molar-refractivity contribution in [3.8, 4) is 11.3 Å². The van der Waals surface area contributed by atoms with E-state index in [0.29, 0.717) is 40.6 Å². The van der Waals surface area contributed by atoms with Crippen LogP contribution in [0, 0.1) is 5.41 Å². The first-order valence-corrected chi connectivity index (χ1v) is 11.5. The molecule has 1 aliphatic heterocycles. The minimum absolute atomic E-state index is 0.146. The smallest absolute Gasteiger partial charge is 0.318 e. The molecular formula is C23H27ClFN5O2. The number of hydrogen-bond acceptors (Lipinski definition) is 3. The lowest BCUT2D eigenvalue weighted by Crippen LogP contribution is -2.60. The van der Waals surface area contributed by atoms with Crippen molar-refractivity contribution in [2.75, 3.05) is 13.2 Å². The van der Waals surface area contributed by atoms with Gasteiger partial charge >= 0.3 is 6.03 Å². The Morgan fingerprint density at radius 3 is 2.50 bits per heavy atom. The average molecular weight is 460 g/mol. The van der Waals surface area contributed by atoms with Gasteiger partial charge in [0.25, 0.3) is 5.91 Å². The first-order valence-electron chi connectivity index (χ1n) is 11.1. The third-order valence-electron chi connectivity index (χ3n) is 7.67. The molecule has 0 atom stereocenters. The van der Waals surface area contributed by atoms with Crippen LogP contribution < -0.4 is 11.1 Å². The molecule has 0 unspecified atom stereocenters. The Balaban J connectivity index is 1.37. The van der Waals surface area contributed by atoms with Gasteiger partial charge in [0, 0.05) is 22.7 Å². The maximum Gasteiger partial charge on any atom is 0.318 e. The van der Waals surface area contributed by atoms with Crippen LogP contribution in [-0.2, 0) is 13.1 Å². The van der Waals surface area contributed by atoms with Crippen molar-refractivity contribution < 1.29 is 14.0 Å². The van der Waals surface area contributed by atoms with Crippen LogP contribution in [0.1, 0.15) is 54.6 Å². The van der Waals surface area contributed by atoms with Crippen molar-refractivity contribution in [2.45, 2.75) is 57.2 Å². The maximum atomic E-state index is 13.5. The number of rotatable bonds is 4. The van der Waals surface area contributed by atoms with E-state index in [1.165, 1.54) is 0 Å². The van der Waals surface area contributed by atoms with Crippen molar-refractivity contribution in [1.29, 1.82) is 0 Å². The van der Waals surface area contributed by atoms with Gasteiger partial charge in [-0.2, -0.15) is 5.10 Å². The number of carbonyl (C=O) groups excluding carboxylic acids is 2. The highest BCUT2D eigenvalue weighted by Gasteiger charge is 2.49. The highest BCUT2D eigenvalue weighted by molar-refractivity contribution is 6.30. The molecular weight excluding hydrogens is 433 g/mol. The fraction of sp³-hybridized carbons (Fsp3) is 0.522. The molecule has 2 bridgehead atoms. The Hall–Kier alpha value is -2.61. The molecule has 3 amide bonds. The van der Waals surface area contributed by atoms with Gasteiger partial charge in [-0.1, -0.05) is 23.7 Å². The van der Waals surface area contributed by atoms with Crippen LogP contribution in [-0.4, -0.2) is 45.4 Å². The Labute approximate surface area is 191 Å². The number of urea groups is 1. The Morgan fingerprint density at radius 2 is 1.88 bits per heavy atom. The molecule has 2 heterocycles. The van der Waals surface area contributed by atoms with Gasteiger partial charge in [-0.3, -0.25) is 13.9 Å². The number of fused-ring (bicyclic) bond motifs is 4.